The lowest BCUT2D eigenvalue weighted by Crippen LogP contribution is -2.35. The Morgan fingerprint density at radius 2 is 2.29 bits per heavy atom. The fourth-order valence-corrected chi connectivity index (χ4v) is 1.40. The monoisotopic (exact) mass is 256 g/mol. The van der Waals surface area contributed by atoms with Gasteiger partial charge in [-0.3, -0.25) is 4.79 Å². The van der Waals surface area contributed by atoms with Crippen LogP contribution in [0.4, 0.5) is 0 Å². The molecule has 1 rings (SSSR count). The van der Waals surface area contributed by atoms with Gasteiger partial charge in [-0.05, 0) is 19.2 Å². The lowest BCUT2D eigenvalue weighted by Gasteiger charge is -2.15. The maximum atomic E-state index is 11.6. The van der Waals surface area contributed by atoms with Crippen molar-refractivity contribution in [2.24, 2.45) is 5.73 Å². The van der Waals surface area contributed by atoms with Crippen LogP contribution in [0.25, 0.3) is 0 Å². The number of amides is 1. The molecule has 0 unspecified atom stereocenters. The molecule has 0 atom stereocenters. The number of aromatic nitrogens is 1. The van der Waals surface area contributed by atoms with E-state index in [9.17, 15) is 4.79 Å². The fourth-order valence-electron chi connectivity index (χ4n) is 1.29. The molecule has 1 aromatic rings. The normalized spacial score (nSPS) is 10.6. The van der Waals surface area contributed by atoms with Crippen LogP contribution in [0.1, 0.15) is 10.5 Å². The summed E-state index contributed by atoms with van der Waals surface area (Å²) >= 11 is 5.68. The lowest BCUT2D eigenvalue weighted by atomic mass is 10.3. The van der Waals surface area contributed by atoms with Gasteiger partial charge in [-0.15, -0.1) is 0 Å². The first-order chi connectivity index (χ1) is 8.13. The van der Waals surface area contributed by atoms with Gasteiger partial charge < -0.3 is 16.0 Å². The molecule has 3 N–H and O–H groups in total. The van der Waals surface area contributed by atoms with Crippen LogP contribution in [0.3, 0.4) is 0 Å². The minimum atomic E-state index is -0.192. The molecular formula is C11H17ClN4O. The number of nitrogens with zero attached hydrogens (tertiary/aromatic N) is 2. The molecule has 0 fully saturated rings. The van der Waals surface area contributed by atoms with E-state index in [1.807, 2.05) is 7.05 Å². The van der Waals surface area contributed by atoms with E-state index in [2.05, 4.69) is 15.2 Å². The highest BCUT2D eigenvalue weighted by atomic mass is 35.5. The molecule has 0 aliphatic carbocycles. The molecule has 0 saturated heterocycles. The molecule has 0 aliphatic heterocycles. The number of hydrogen-bond acceptors (Lipinski definition) is 4. The molecule has 6 heteroatoms. The van der Waals surface area contributed by atoms with E-state index < -0.39 is 0 Å². The minimum absolute atomic E-state index is 0.192. The van der Waals surface area contributed by atoms with E-state index in [0.717, 1.165) is 13.1 Å². The van der Waals surface area contributed by atoms with Crippen molar-refractivity contribution in [3.8, 4) is 0 Å². The van der Waals surface area contributed by atoms with Crippen LogP contribution in [0, 0.1) is 0 Å². The molecule has 0 bridgehead atoms. The number of nitrogens with one attached hydrogen (secondary N) is 1. The Hall–Kier alpha value is -1.17. The Morgan fingerprint density at radius 1 is 1.53 bits per heavy atom. The van der Waals surface area contributed by atoms with Crippen molar-refractivity contribution in [3.63, 3.8) is 0 Å². The molecule has 0 spiro atoms. The van der Waals surface area contributed by atoms with Crippen LogP contribution in [0.15, 0.2) is 18.3 Å². The predicted molar refractivity (Wildman–Crippen MR) is 68.1 cm³/mol. The summed E-state index contributed by atoms with van der Waals surface area (Å²) in [7, 11) is 1.96. The van der Waals surface area contributed by atoms with Crippen LogP contribution < -0.4 is 11.1 Å². The second-order valence-electron chi connectivity index (χ2n) is 3.71. The van der Waals surface area contributed by atoms with Crippen LogP contribution >= 0.6 is 11.6 Å². The number of likely N-dealkylation sites (N-methyl/N-ethyl adjacent to an activating group) is 1. The van der Waals surface area contributed by atoms with Crippen molar-refractivity contribution in [2.45, 2.75) is 0 Å². The SMILES string of the molecule is CN(CCN)CCNC(=O)c1ccc(Cl)cn1. The average Bonchev–Trinajstić information content (AvgIpc) is 2.30. The number of carbonyl (C=O) groups excluding carboxylic acids is 1. The summed E-state index contributed by atoms with van der Waals surface area (Å²) in [6.45, 7) is 2.76. The largest absolute Gasteiger partial charge is 0.349 e. The maximum Gasteiger partial charge on any atom is 0.269 e. The highest BCUT2D eigenvalue weighted by Gasteiger charge is 2.06. The number of rotatable bonds is 6. The van der Waals surface area contributed by atoms with Crippen molar-refractivity contribution < 1.29 is 4.79 Å². The van der Waals surface area contributed by atoms with E-state index in [-0.39, 0.29) is 5.91 Å². The smallest absolute Gasteiger partial charge is 0.269 e. The molecule has 0 aliphatic rings. The Kier molecular flexibility index (Phi) is 5.90. The molecule has 1 aromatic heterocycles. The molecule has 0 aromatic carbocycles. The summed E-state index contributed by atoms with van der Waals surface area (Å²) < 4.78 is 0. The van der Waals surface area contributed by atoms with Gasteiger partial charge >= 0.3 is 0 Å². The number of pyridine rings is 1. The summed E-state index contributed by atoms with van der Waals surface area (Å²) in [5, 5.41) is 3.30. The molecule has 94 valence electrons. The quantitative estimate of drug-likeness (QED) is 0.771. The van der Waals surface area contributed by atoms with Crippen LogP contribution in [-0.2, 0) is 0 Å². The number of halogens is 1. The first-order valence-electron chi connectivity index (χ1n) is 5.42. The van der Waals surface area contributed by atoms with Gasteiger partial charge in [-0.1, -0.05) is 11.6 Å². The Morgan fingerprint density at radius 3 is 2.88 bits per heavy atom. The molecule has 1 heterocycles. The first kappa shape index (κ1) is 13.9. The van der Waals surface area contributed by atoms with Gasteiger partial charge in [0, 0.05) is 32.4 Å². The molecule has 0 saturated carbocycles. The van der Waals surface area contributed by atoms with Gasteiger partial charge in [0.15, 0.2) is 0 Å². The number of carbonyl (C=O) groups is 1. The van der Waals surface area contributed by atoms with E-state index in [4.69, 9.17) is 17.3 Å². The van der Waals surface area contributed by atoms with E-state index in [0.29, 0.717) is 23.8 Å². The Balaban J connectivity index is 2.32. The van der Waals surface area contributed by atoms with Crippen molar-refractivity contribution >= 4 is 17.5 Å². The zero-order valence-corrected chi connectivity index (χ0v) is 10.6. The maximum absolute atomic E-state index is 11.6. The van der Waals surface area contributed by atoms with Gasteiger partial charge in [0.2, 0.25) is 0 Å². The van der Waals surface area contributed by atoms with Gasteiger partial charge in [0.1, 0.15) is 5.69 Å². The first-order valence-corrected chi connectivity index (χ1v) is 5.79. The van der Waals surface area contributed by atoms with E-state index in [1.165, 1.54) is 6.20 Å². The molecular weight excluding hydrogens is 240 g/mol. The predicted octanol–water partition coefficient (Wildman–Crippen LogP) is 0.355. The highest BCUT2D eigenvalue weighted by molar-refractivity contribution is 6.30. The highest BCUT2D eigenvalue weighted by Crippen LogP contribution is 2.05. The van der Waals surface area contributed by atoms with Crippen molar-refractivity contribution in [3.05, 3.63) is 29.0 Å². The van der Waals surface area contributed by atoms with Crippen LogP contribution in [-0.4, -0.2) is 49.0 Å². The van der Waals surface area contributed by atoms with Gasteiger partial charge in [0.05, 0.1) is 5.02 Å². The summed E-state index contributed by atoms with van der Waals surface area (Å²) in [5.74, 6) is -0.192. The Labute approximate surface area is 106 Å². The summed E-state index contributed by atoms with van der Waals surface area (Å²) in [4.78, 5) is 17.6. The number of nitrogens with two attached hydrogens (primary N) is 1. The standard InChI is InChI=1S/C11H17ClN4O/c1-16(6-4-13)7-5-14-11(17)10-3-2-9(12)8-15-10/h2-3,8H,4-7,13H2,1H3,(H,14,17). The zero-order chi connectivity index (χ0) is 12.7. The fraction of sp³-hybridized carbons (Fsp3) is 0.455. The molecule has 5 nitrogen and oxygen atoms in total. The van der Waals surface area contributed by atoms with Gasteiger partial charge in [-0.25, -0.2) is 4.98 Å². The Bertz CT molecular complexity index is 355. The van der Waals surface area contributed by atoms with Crippen LogP contribution in [0.5, 0.6) is 0 Å². The van der Waals surface area contributed by atoms with Gasteiger partial charge in [-0.2, -0.15) is 0 Å². The summed E-state index contributed by atoms with van der Waals surface area (Å²) in [6.07, 6.45) is 1.46. The van der Waals surface area contributed by atoms with Crippen molar-refractivity contribution in [1.82, 2.24) is 15.2 Å². The van der Waals surface area contributed by atoms with Crippen LogP contribution in [0.2, 0.25) is 5.02 Å². The van der Waals surface area contributed by atoms with E-state index in [1.54, 1.807) is 12.1 Å². The lowest BCUT2D eigenvalue weighted by molar-refractivity contribution is 0.0945. The minimum Gasteiger partial charge on any atom is -0.349 e. The zero-order valence-electron chi connectivity index (χ0n) is 9.82. The third-order valence-electron chi connectivity index (χ3n) is 2.25. The van der Waals surface area contributed by atoms with Gasteiger partial charge in [0.25, 0.3) is 5.91 Å². The third kappa shape index (κ3) is 5.12. The average molecular weight is 257 g/mol. The number of hydrogen-bond donors (Lipinski definition) is 2. The summed E-state index contributed by atoms with van der Waals surface area (Å²) in [5.41, 5.74) is 5.79. The second-order valence-corrected chi connectivity index (χ2v) is 4.15. The van der Waals surface area contributed by atoms with E-state index >= 15 is 0 Å². The second kappa shape index (κ2) is 7.21. The molecule has 1 amide bonds. The molecule has 0 radical (unpaired) electrons. The third-order valence-corrected chi connectivity index (χ3v) is 2.47. The summed E-state index contributed by atoms with van der Waals surface area (Å²) in [6, 6.07) is 3.24. The molecule has 17 heavy (non-hydrogen) atoms. The van der Waals surface area contributed by atoms with Crippen molar-refractivity contribution in [1.29, 1.82) is 0 Å². The van der Waals surface area contributed by atoms with Crippen molar-refractivity contribution in [2.75, 3.05) is 33.2 Å². The topological polar surface area (TPSA) is 71.2 Å².